The van der Waals surface area contributed by atoms with Crippen LogP contribution in [-0.4, -0.2) is 30.4 Å². The van der Waals surface area contributed by atoms with Crippen LogP contribution in [0.4, 0.5) is 0 Å². The van der Waals surface area contributed by atoms with Crippen molar-refractivity contribution in [1.29, 1.82) is 0 Å². The van der Waals surface area contributed by atoms with Gasteiger partial charge in [0.25, 0.3) is 5.91 Å². The number of nitrogens with zero attached hydrogens (tertiary/aromatic N) is 1. The molecule has 0 saturated heterocycles. The summed E-state index contributed by atoms with van der Waals surface area (Å²) in [6.07, 6.45) is 0. The number of nitrogens with two attached hydrogens (primary N) is 1. The lowest BCUT2D eigenvalue weighted by atomic mass is 9.83. The predicted molar refractivity (Wildman–Crippen MR) is 75.8 cm³/mol. The Hall–Kier alpha value is -1.35. The fourth-order valence-corrected chi connectivity index (χ4v) is 2.05. The second kappa shape index (κ2) is 6.01. The first-order chi connectivity index (χ1) is 8.41. The summed E-state index contributed by atoms with van der Waals surface area (Å²) in [5, 5.41) is 0. The van der Waals surface area contributed by atoms with Gasteiger partial charge < -0.3 is 10.6 Å². The minimum Gasteiger partial charge on any atom is -0.338 e. The fraction of sp³-hybridized carbons (Fsp3) is 0.533. The summed E-state index contributed by atoms with van der Waals surface area (Å²) in [6, 6.07) is 7.83. The van der Waals surface area contributed by atoms with Gasteiger partial charge in [0.05, 0.1) is 0 Å². The molecule has 0 saturated carbocycles. The van der Waals surface area contributed by atoms with Crippen LogP contribution in [0.1, 0.15) is 43.6 Å². The number of hydrogen-bond donors (Lipinski definition) is 1. The average Bonchev–Trinajstić information content (AvgIpc) is 2.34. The number of benzene rings is 1. The van der Waals surface area contributed by atoms with Crippen molar-refractivity contribution >= 4 is 5.91 Å². The number of hydrogen-bond acceptors (Lipinski definition) is 2. The Labute approximate surface area is 110 Å². The van der Waals surface area contributed by atoms with Gasteiger partial charge in [0.15, 0.2) is 0 Å². The molecule has 0 aliphatic rings. The molecule has 0 heterocycles. The summed E-state index contributed by atoms with van der Waals surface area (Å²) < 4.78 is 0. The van der Waals surface area contributed by atoms with Crippen LogP contribution in [0.25, 0.3) is 0 Å². The molecule has 100 valence electrons. The molecule has 1 aromatic carbocycles. The van der Waals surface area contributed by atoms with Gasteiger partial charge in [0.1, 0.15) is 0 Å². The molecule has 0 aromatic heterocycles. The van der Waals surface area contributed by atoms with Crippen molar-refractivity contribution < 1.29 is 4.79 Å². The van der Waals surface area contributed by atoms with Crippen LogP contribution in [0.3, 0.4) is 0 Å². The van der Waals surface area contributed by atoms with Gasteiger partial charge in [-0.3, -0.25) is 4.79 Å². The van der Waals surface area contributed by atoms with E-state index in [4.69, 9.17) is 5.73 Å². The monoisotopic (exact) mass is 248 g/mol. The number of carbonyl (C=O) groups is 1. The molecule has 3 heteroatoms. The lowest BCUT2D eigenvalue weighted by molar-refractivity contribution is 0.0766. The fourth-order valence-electron chi connectivity index (χ4n) is 2.05. The van der Waals surface area contributed by atoms with E-state index >= 15 is 0 Å². The molecular weight excluding hydrogens is 224 g/mol. The molecule has 1 rings (SSSR count). The Bertz CT molecular complexity index is 407. The van der Waals surface area contributed by atoms with E-state index < -0.39 is 0 Å². The Morgan fingerprint density at radius 3 is 2.39 bits per heavy atom. The van der Waals surface area contributed by atoms with Crippen LogP contribution in [0.5, 0.6) is 0 Å². The minimum atomic E-state index is -0.0334. The maximum atomic E-state index is 12.5. The van der Waals surface area contributed by atoms with Crippen LogP contribution >= 0.6 is 0 Å². The number of carbonyl (C=O) groups excluding carboxylic acids is 1. The zero-order valence-corrected chi connectivity index (χ0v) is 11.9. The first-order valence-corrected chi connectivity index (χ1v) is 6.50. The van der Waals surface area contributed by atoms with Gasteiger partial charge in [-0.1, -0.05) is 39.0 Å². The molecule has 0 aliphatic heterocycles. The average molecular weight is 248 g/mol. The van der Waals surface area contributed by atoms with Crippen LogP contribution < -0.4 is 5.73 Å². The van der Waals surface area contributed by atoms with Crippen molar-refractivity contribution in [2.45, 2.75) is 33.1 Å². The third kappa shape index (κ3) is 3.33. The third-order valence-corrected chi connectivity index (χ3v) is 3.03. The topological polar surface area (TPSA) is 46.3 Å². The second-order valence-corrected chi connectivity index (χ2v) is 5.47. The molecule has 0 bridgehead atoms. The van der Waals surface area contributed by atoms with Crippen molar-refractivity contribution in [2.24, 2.45) is 5.73 Å². The van der Waals surface area contributed by atoms with E-state index in [9.17, 15) is 4.79 Å². The summed E-state index contributed by atoms with van der Waals surface area (Å²) in [5.41, 5.74) is 7.40. The maximum absolute atomic E-state index is 12.5. The minimum absolute atomic E-state index is 0.0334. The highest BCUT2D eigenvalue weighted by Crippen LogP contribution is 2.26. The summed E-state index contributed by atoms with van der Waals surface area (Å²) in [7, 11) is 0. The van der Waals surface area contributed by atoms with E-state index in [-0.39, 0.29) is 11.3 Å². The van der Waals surface area contributed by atoms with Crippen molar-refractivity contribution in [2.75, 3.05) is 19.6 Å². The summed E-state index contributed by atoms with van der Waals surface area (Å²) >= 11 is 0. The van der Waals surface area contributed by atoms with E-state index in [1.807, 2.05) is 31.2 Å². The lowest BCUT2D eigenvalue weighted by Gasteiger charge is -2.26. The van der Waals surface area contributed by atoms with Gasteiger partial charge in [-0.15, -0.1) is 0 Å². The quantitative estimate of drug-likeness (QED) is 0.889. The molecular formula is C15H24N2O. The highest BCUT2D eigenvalue weighted by molar-refractivity contribution is 5.96. The summed E-state index contributed by atoms with van der Waals surface area (Å²) in [4.78, 5) is 14.3. The lowest BCUT2D eigenvalue weighted by Crippen LogP contribution is -2.36. The number of likely N-dealkylation sites (N-methyl/N-ethyl adjacent to an activating group) is 1. The molecule has 18 heavy (non-hydrogen) atoms. The van der Waals surface area contributed by atoms with E-state index in [2.05, 4.69) is 20.8 Å². The highest BCUT2D eigenvalue weighted by Gasteiger charge is 2.23. The molecule has 1 aromatic rings. The maximum Gasteiger partial charge on any atom is 0.254 e. The molecule has 2 N–H and O–H groups in total. The van der Waals surface area contributed by atoms with Crippen LogP contribution in [0, 0.1) is 0 Å². The van der Waals surface area contributed by atoms with Crippen LogP contribution in [-0.2, 0) is 5.41 Å². The van der Waals surface area contributed by atoms with Gasteiger partial charge in [-0.2, -0.15) is 0 Å². The first-order valence-electron chi connectivity index (χ1n) is 6.50. The van der Waals surface area contributed by atoms with Crippen molar-refractivity contribution in [1.82, 2.24) is 4.90 Å². The first kappa shape index (κ1) is 14.7. The molecule has 0 unspecified atom stereocenters. The van der Waals surface area contributed by atoms with Gasteiger partial charge in [0, 0.05) is 25.2 Å². The van der Waals surface area contributed by atoms with Gasteiger partial charge in [0.2, 0.25) is 0 Å². The molecule has 0 spiro atoms. The van der Waals surface area contributed by atoms with Crippen LogP contribution in [0.15, 0.2) is 24.3 Å². The van der Waals surface area contributed by atoms with Gasteiger partial charge >= 0.3 is 0 Å². The summed E-state index contributed by atoms with van der Waals surface area (Å²) in [5.74, 6) is 0.0773. The second-order valence-electron chi connectivity index (χ2n) is 5.47. The molecule has 0 atom stereocenters. The van der Waals surface area contributed by atoms with E-state index in [0.717, 1.165) is 11.1 Å². The Kier molecular flexibility index (Phi) is 4.91. The Balaban J connectivity index is 3.13. The molecule has 0 fully saturated rings. The number of amides is 1. The third-order valence-electron chi connectivity index (χ3n) is 3.03. The molecule has 1 amide bonds. The van der Waals surface area contributed by atoms with Crippen molar-refractivity contribution in [3.05, 3.63) is 35.4 Å². The predicted octanol–water partition coefficient (Wildman–Crippen LogP) is 2.40. The molecule has 0 radical (unpaired) electrons. The Morgan fingerprint density at radius 1 is 1.28 bits per heavy atom. The standard InChI is InChI=1S/C15H24N2O/c1-5-17(11-10-16)14(18)12-8-6-7-9-13(12)15(2,3)4/h6-9H,5,10-11,16H2,1-4H3. The molecule has 3 nitrogen and oxygen atoms in total. The van der Waals surface area contributed by atoms with Gasteiger partial charge in [-0.05, 0) is 24.0 Å². The Morgan fingerprint density at radius 2 is 1.89 bits per heavy atom. The zero-order valence-electron chi connectivity index (χ0n) is 11.9. The smallest absolute Gasteiger partial charge is 0.254 e. The molecule has 0 aliphatic carbocycles. The van der Waals surface area contributed by atoms with E-state index in [1.165, 1.54) is 0 Å². The number of rotatable bonds is 4. The van der Waals surface area contributed by atoms with E-state index in [0.29, 0.717) is 19.6 Å². The summed E-state index contributed by atoms with van der Waals surface area (Å²) in [6.45, 7) is 10.1. The largest absolute Gasteiger partial charge is 0.338 e. The normalized spacial score (nSPS) is 11.4. The van der Waals surface area contributed by atoms with Gasteiger partial charge in [-0.25, -0.2) is 0 Å². The zero-order chi connectivity index (χ0) is 13.8. The van der Waals surface area contributed by atoms with E-state index in [1.54, 1.807) is 4.90 Å². The highest BCUT2D eigenvalue weighted by atomic mass is 16.2. The van der Waals surface area contributed by atoms with Crippen molar-refractivity contribution in [3.8, 4) is 0 Å². The SMILES string of the molecule is CCN(CCN)C(=O)c1ccccc1C(C)(C)C. The van der Waals surface area contributed by atoms with Crippen molar-refractivity contribution in [3.63, 3.8) is 0 Å². The van der Waals surface area contributed by atoms with Crippen LogP contribution in [0.2, 0.25) is 0 Å².